The summed E-state index contributed by atoms with van der Waals surface area (Å²) in [4.78, 5) is 9.78. The zero-order chi connectivity index (χ0) is 8.27. The maximum atomic E-state index is 10.2. The third-order valence-electron chi connectivity index (χ3n) is 1.56. The lowest BCUT2D eigenvalue weighted by molar-refractivity contribution is -0.428. The number of hydrogen-bond acceptors (Lipinski definition) is 4. The highest BCUT2D eigenvalue weighted by atomic mass is 16.6. The van der Waals surface area contributed by atoms with E-state index in [9.17, 15) is 10.1 Å². The molecule has 60 valence electrons. The molecule has 0 fully saturated rings. The van der Waals surface area contributed by atoms with Crippen molar-refractivity contribution in [1.29, 1.82) is 0 Å². The van der Waals surface area contributed by atoms with Crippen LogP contribution in [0.15, 0.2) is 16.9 Å². The Kier molecular flexibility index (Phi) is 2.20. The van der Waals surface area contributed by atoms with Crippen LogP contribution in [0, 0.1) is 10.1 Å². The van der Waals surface area contributed by atoms with E-state index in [1.165, 1.54) is 6.08 Å². The fourth-order valence-corrected chi connectivity index (χ4v) is 1.01. The zero-order valence-corrected chi connectivity index (χ0v) is 5.86. The van der Waals surface area contributed by atoms with Crippen molar-refractivity contribution in [3.63, 3.8) is 0 Å². The number of nitrogens with zero attached hydrogens (tertiary/aromatic N) is 2. The predicted octanol–water partition coefficient (Wildman–Crippen LogP) is 1.16. The van der Waals surface area contributed by atoms with Crippen LogP contribution in [-0.4, -0.2) is 15.8 Å². The SMILES string of the molecule is O=[N+]([O-])C1=C/C(=N\O)CCC1. The van der Waals surface area contributed by atoms with Crippen molar-refractivity contribution in [2.75, 3.05) is 0 Å². The third kappa shape index (κ3) is 1.76. The van der Waals surface area contributed by atoms with Crippen LogP contribution >= 0.6 is 0 Å². The second-order valence-electron chi connectivity index (χ2n) is 2.34. The van der Waals surface area contributed by atoms with E-state index in [4.69, 9.17) is 5.21 Å². The Morgan fingerprint density at radius 1 is 1.64 bits per heavy atom. The Balaban J connectivity index is 2.81. The van der Waals surface area contributed by atoms with Crippen LogP contribution in [0.25, 0.3) is 0 Å². The molecule has 0 atom stereocenters. The molecule has 0 aromatic carbocycles. The summed E-state index contributed by atoms with van der Waals surface area (Å²) in [6.45, 7) is 0. The Hall–Kier alpha value is -1.39. The molecule has 0 aromatic rings. The summed E-state index contributed by atoms with van der Waals surface area (Å²) >= 11 is 0. The molecule has 0 radical (unpaired) electrons. The topological polar surface area (TPSA) is 75.7 Å². The van der Waals surface area contributed by atoms with Crippen LogP contribution in [0.4, 0.5) is 0 Å². The fourth-order valence-electron chi connectivity index (χ4n) is 1.01. The quantitative estimate of drug-likeness (QED) is 0.351. The lowest BCUT2D eigenvalue weighted by Crippen LogP contribution is -2.09. The van der Waals surface area contributed by atoms with Crippen LogP contribution < -0.4 is 0 Å². The molecule has 1 aliphatic carbocycles. The van der Waals surface area contributed by atoms with Gasteiger partial charge in [-0.05, 0) is 12.8 Å². The minimum atomic E-state index is -0.440. The van der Waals surface area contributed by atoms with Gasteiger partial charge >= 0.3 is 0 Å². The lowest BCUT2D eigenvalue weighted by Gasteiger charge is -2.05. The van der Waals surface area contributed by atoms with Crippen LogP contribution in [0.2, 0.25) is 0 Å². The smallest absolute Gasteiger partial charge is 0.248 e. The molecule has 0 unspecified atom stereocenters. The van der Waals surface area contributed by atoms with Crippen LogP contribution in [0.3, 0.4) is 0 Å². The molecular weight excluding hydrogens is 148 g/mol. The van der Waals surface area contributed by atoms with E-state index >= 15 is 0 Å². The van der Waals surface area contributed by atoms with E-state index in [1.54, 1.807) is 0 Å². The zero-order valence-electron chi connectivity index (χ0n) is 5.86. The molecular formula is C6H8N2O3. The van der Waals surface area contributed by atoms with Gasteiger partial charge in [-0.2, -0.15) is 0 Å². The fraction of sp³-hybridized carbons (Fsp3) is 0.500. The molecule has 0 heterocycles. The molecule has 1 N–H and O–H groups in total. The highest BCUT2D eigenvalue weighted by molar-refractivity contribution is 5.95. The summed E-state index contributed by atoms with van der Waals surface area (Å²) in [6.07, 6.45) is 3.09. The second kappa shape index (κ2) is 3.14. The second-order valence-corrected chi connectivity index (χ2v) is 2.34. The number of oxime groups is 1. The number of hydrogen-bond donors (Lipinski definition) is 1. The van der Waals surface area contributed by atoms with Gasteiger partial charge in [-0.25, -0.2) is 0 Å². The van der Waals surface area contributed by atoms with Gasteiger partial charge in [0.05, 0.1) is 10.6 Å². The van der Waals surface area contributed by atoms with Crippen molar-refractivity contribution in [3.8, 4) is 0 Å². The van der Waals surface area contributed by atoms with Crippen molar-refractivity contribution >= 4 is 5.71 Å². The molecule has 1 rings (SSSR count). The third-order valence-corrected chi connectivity index (χ3v) is 1.56. The number of allylic oxidation sites excluding steroid dienone is 2. The maximum absolute atomic E-state index is 10.2. The largest absolute Gasteiger partial charge is 0.411 e. The highest BCUT2D eigenvalue weighted by Crippen LogP contribution is 2.15. The van der Waals surface area contributed by atoms with Crippen LogP contribution in [-0.2, 0) is 0 Å². The van der Waals surface area contributed by atoms with Gasteiger partial charge in [-0.15, -0.1) is 0 Å². The first kappa shape index (κ1) is 7.71. The molecule has 0 saturated carbocycles. The average Bonchev–Trinajstić information content (AvgIpc) is 2.05. The van der Waals surface area contributed by atoms with Gasteiger partial charge in [0, 0.05) is 12.5 Å². The average molecular weight is 156 g/mol. The molecule has 0 bridgehead atoms. The summed E-state index contributed by atoms with van der Waals surface area (Å²) in [5.41, 5.74) is 0.520. The first-order valence-corrected chi connectivity index (χ1v) is 3.30. The molecule has 0 aromatic heterocycles. The molecule has 0 aliphatic heterocycles. The van der Waals surface area contributed by atoms with Gasteiger partial charge in [-0.3, -0.25) is 10.1 Å². The number of rotatable bonds is 1. The van der Waals surface area contributed by atoms with E-state index in [-0.39, 0.29) is 5.70 Å². The molecule has 5 nitrogen and oxygen atoms in total. The number of nitro groups is 1. The first-order chi connectivity index (χ1) is 5.24. The van der Waals surface area contributed by atoms with Crippen molar-refractivity contribution in [2.45, 2.75) is 19.3 Å². The first-order valence-electron chi connectivity index (χ1n) is 3.30. The van der Waals surface area contributed by atoms with Crippen molar-refractivity contribution in [3.05, 3.63) is 21.9 Å². The summed E-state index contributed by atoms with van der Waals surface area (Å²) in [7, 11) is 0. The van der Waals surface area contributed by atoms with Gasteiger partial charge in [0.1, 0.15) is 0 Å². The summed E-state index contributed by atoms with van der Waals surface area (Å²) < 4.78 is 0. The van der Waals surface area contributed by atoms with E-state index < -0.39 is 4.92 Å². The molecule has 1 aliphatic rings. The standard InChI is InChI=1S/C6H8N2O3/c9-7-5-2-1-3-6(4-5)8(10)11/h4,9H,1-3H2/b7-5-. The molecule has 0 saturated heterocycles. The monoisotopic (exact) mass is 156 g/mol. The van der Waals surface area contributed by atoms with Gasteiger partial charge in [-0.1, -0.05) is 5.16 Å². The minimum absolute atomic E-state index is 0.129. The maximum Gasteiger partial charge on any atom is 0.248 e. The Morgan fingerprint density at radius 2 is 2.36 bits per heavy atom. The lowest BCUT2D eigenvalue weighted by atomic mass is 10.0. The predicted molar refractivity (Wildman–Crippen MR) is 38.1 cm³/mol. The minimum Gasteiger partial charge on any atom is -0.411 e. The highest BCUT2D eigenvalue weighted by Gasteiger charge is 2.17. The Labute approximate surface area is 63.2 Å². The summed E-state index contributed by atoms with van der Waals surface area (Å²) in [5, 5.41) is 21.4. The van der Waals surface area contributed by atoms with Crippen molar-refractivity contribution in [1.82, 2.24) is 0 Å². The van der Waals surface area contributed by atoms with Gasteiger partial charge in [0.15, 0.2) is 0 Å². The van der Waals surface area contributed by atoms with Crippen molar-refractivity contribution < 1.29 is 10.1 Å². The van der Waals surface area contributed by atoms with E-state index in [0.29, 0.717) is 25.0 Å². The molecule has 11 heavy (non-hydrogen) atoms. The van der Waals surface area contributed by atoms with E-state index in [2.05, 4.69) is 5.16 Å². The van der Waals surface area contributed by atoms with Crippen LogP contribution in [0.1, 0.15) is 19.3 Å². The molecule has 5 heteroatoms. The van der Waals surface area contributed by atoms with Crippen LogP contribution in [0.5, 0.6) is 0 Å². The van der Waals surface area contributed by atoms with Gasteiger partial charge in [0.2, 0.25) is 5.70 Å². The summed E-state index contributed by atoms with van der Waals surface area (Å²) in [5.74, 6) is 0. The Bertz CT molecular complexity index is 232. The molecule has 0 spiro atoms. The van der Waals surface area contributed by atoms with Gasteiger partial charge < -0.3 is 5.21 Å². The van der Waals surface area contributed by atoms with E-state index in [1.807, 2.05) is 0 Å². The summed E-state index contributed by atoms with van der Waals surface area (Å²) in [6, 6.07) is 0. The van der Waals surface area contributed by atoms with Gasteiger partial charge in [0.25, 0.3) is 0 Å². The molecule has 0 amide bonds. The van der Waals surface area contributed by atoms with E-state index in [0.717, 1.165) is 0 Å². The Morgan fingerprint density at radius 3 is 2.91 bits per heavy atom. The van der Waals surface area contributed by atoms with Crippen molar-refractivity contribution in [2.24, 2.45) is 5.16 Å². The normalized spacial score (nSPS) is 21.5.